The maximum atomic E-state index is 12.6. The molecule has 0 aliphatic carbocycles. The number of aryl methyl sites for hydroxylation is 1. The third kappa shape index (κ3) is 4.99. The number of aliphatic carboxylic acids is 1. The second-order valence-corrected chi connectivity index (χ2v) is 7.26. The average Bonchev–Trinajstić information content (AvgIpc) is 2.54. The Balaban J connectivity index is 1.99. The van der Waals surface area contributed by atoms with Gasteiger partial charge in [-0.25, -0.2) is 0 Å². The zero-order valence-electron chi connectivity index (χ0n) is 13.8. The fourth-order valence-corrected chi connectivity index (χ4v) is 4.00. The summed E-state index contributed by atoms with van der Waals surface area (Å²) < 4.78 is 0. The summed E-state index contributed by atoms with van der Waals surface area (Å²) in [7, 11) is 0. The van der Waals surface area contributed by atoms with Crippen LogP contribution in [0, 0.1) is 0 Å². The average molecular weight is 335 g/mol. The fourth-order valence-electron chi connectivity index (χ4n) is 2.93. The predicted molar refractivity (Wildman–Crippen MR) is 93.9 cm³/mol. The molecule has 0 spiro atoms. The SMILES string of the molecule is CCc1ccc([C@H](C)CC(=O)N2CCSC[C@@H]2CC(=O)O)cc1. The van der Waals surface area contributed by atoms with E-state index in [2.05, 4.69) is 38.1 Å². The van der Waals surface area contributed by atoms with Gasteiger partial charge >= 0.3 is 5.97 Å². The van der Waals surface area contributed by atoms with E-state index in [9.17, 15) is 9.59 Å². The molecule has 0 aromatic heterocycles. The summed E-state index contributed by atoms with van der Waals surface area (Å²) in [5, 5.41) is 9.03. The second kappa shape index (κ2) is 8.39. The van der Waals surface area contributed by atoms with Crippen LogP contribution in [0.4, 0.5) is 0 Å². The summed E-state index contributed by atoms with van der Waals surface area (Å²) in [6, 6.07) is 8.24. The van der Waals surface area contributed by atoms with Crippen molar-refractivity contribution in [3.05, 3.63) is 35.4 Å². The van der Waals surface area contributed by atoms with Crippen molar-refractivity contribution in [2.24, 2.45) is 0 Å². The topological polar surface area (TPSA) is 57.6 Å². The van der Waals surface area contributed by atoms with Crippen LogP contribution in [0.15, 0.2) is 24.3 Å². The van der Waals surface area contributed by atoms with Crippen LogP contribution in [-0.2, 0) is 16.0 Å². The van der Waals surface area contributed by atoms with E-state index >= 15 is 0 Å². The lowest BCUT2D eigenvalue weighted by Gasteiger charge is -2.35. The second-order valence-electron chi connectivity index (χ2n) is 6.11. The number of hydrogen-bond donors (Lipinski definition) is 1. The maximum Gasteiger partial charge on any atom is 0.305 e. The molecule has 0 bridgehead atoms. The molecule has 1 saturated heterocycles. The molecule has 2 atom stereocenters. The van der Waals surface area contributed by atoms with Crippen LogP contribution in [0.25, 0.3) is 0 Å². The summed E-state index contributed by atoms with van der Waals surface area (Å²) >= 11 is 1.73. The van der Waals surface area contributed by atoms with Crippen LogP contribution < -0.4 is 0 Å². The van der Waals surface area contributed by atoms with Crippen molar-refractivity contribution in [1.29, 1.82) is 0 Å². The first-order valence-corrected chi connectivity index (χ1v) is 9.34. The zero-order valence-corrected chi connectivity index (χ0v) is 14.6. The monoisotopic (exact) mass is 335 g/mol. The standard InChI is InChI=1S/C18H25NO3S/c1-3-14-4-6-15(7-5-14)13(2)10-17(20)19-8-9-23-12-16(19)11-18(21)22/h4-7,13,16H,3,8-12H2,1-2H3,(H,21,22)/t13-,16+/m1/s1. The largest absolute Gasteiger partial charge is 0.481 e. The van der Waals surface area contributed by atoms with Crippen LogP contribution in [-0.4, -0.2) is 46.0 Å². The molecule has 0 radical (unpaired) electrons. The van der Waals surface area contributed by atoms with Gasteiger partial charge in [0, 0.05) is 24.5 Å². The molecule has 1 aliphatic heterocycles. The number of nitrogens with zero attached hydrogens (tertiary/aromatic N) is 1. The first kappa shape index (κ1) is 17.9. The number of amides is 1. The lowest BCUT2D eigenvalue weighted by molar-refractivity contribution is -0.140. The Morgan fingerprint density at radius 1 is 1.35 bits per heavy atom. The zero-order chi connectivity index (χ0) is 16.8. The van der Waals surface area contributed by atoms with E-state index in [0.717, 1.165) is 23.5 Å². The molecule has 1 N–H and O–H groups in total. The van der Waals surface area contributed by atoms with Gasteiger partial charge in [-0.15, -0.1) is 0 Å². The highest BCUT2D eigenvalue weighted by atomic mass is 32.2. The smallest absolute Gasteiger partial charge is 0.305 e. The highest BCUT2D eigenvalue weighted by molar-refractivity contribution is 7.99. The van der Waals surface area contributed by atoms with E-state index in [1.807, 2.05) is 0 Å². The normalized spacial score (nSPS) is 19.4. The minimum Gasteiger partial charge on any atom is -0.481 e. The molecule has 126 valence electrons. The molecule has 23 heavy (non-hydrogen) atoms. The molecule has 0 unspecified atom stereocenters. The fraction of sp³-hybridized carbons (Fsp3) is 0.556. The lowest BCUT2D eigenvalue weighted by Crippen LogP contribution is -2.47. The minimum absolute atomic E-state index is 0.0400. The van der Waals surface area contributed by atoms with Gasteiger partial charge in [-0.1, -0.05) is 38.1 Å². The van der Waals surface area contributed by atoms with E-state index < -0.39 is 5.97 Å². The molecule has 1 heterocycles. The van der Waals surface area contributed by atoms with Gasteiger partial charge < -0.3 is 10.0 Å². The van der Waals surface area contributed by atoms with Crippen molar-refractivity contribution >= 4 is 23.6 Å². The van der Waals surface area contributed by atoms with E-state index in [4.69, 9.17) is 5.11 Å². The lowest BCUT2D eigenvalue weighted by atomic mass is 9.95. The van der Waals surface area contributed by atoms with Gasteiger partial charge in [-0.3, -0.25) is 9.59 Å². The third-order valence-electron chi connectivity index (χ3n) is 4.40. The van der Waals surface area contributed by atoms with Crippen molar-refractivity contribution < 1.29 is 14.7 Å². The Morgan fingerprint density at radius 2 is 2.04 bits per heavy atom. The summed E-state index contributed by atoms with van der Waals surface area (Å²) in [4.78, 5) is 25.4. The van der Waals surface area contributed by atoms with Crippen molar-refractivity contribution in [1.82, 2.24) is 4.90 Å². The minimum atomic E-state index is -0.835. The number of carboxylic acids is 1. The summed E-state index contributed by atoms with van der Waals surface area (Å²) in [5.41, 5.74) is 2.46. The van der Waals surface area contributed by atoms with Gasteiger partial charge in [0.1, 0.15) is 0 Å². The third-order valence-corrected chi connectivity index (χ3v) is 5.49. The van der Waals surface area contributed by atoms with E-state index in [0.29, 0.717) is 13.0 Å². The Morgan fingerprint density at radius 3 is 2.65 bits per heavy atom. The highest BCUT2D eigenvalue weighted by Crippen LogP contribution is 2.25. The first-order valence-electron chi connectivity index (χ1n) is 8.19. The van der Waals surface area contributed by atoms with Crippen LogP contribution in [0.3, 0.4) is 0 Å². The molecule has 1 fully saturated rings. The van der Waals surface area contributed by atoms with Gasteiger partial charge in [0.05, 0.1) is 12.5 Å². The summed E-state index contributed by atoms with van der Waals surface area (Å²) in [6.07, 6.45) is 1.49. The number of hydrogen-bond acceptors (Lipinski definition) is 3. The van der Waals surface area contributed by atoms with Gasteiger partial charge in [0.15, 0.2) is 0 Å². The van der Waals surface area contributed by atoms with Crippen LogP contribution in [0.1, 0.15) is 43.7 Å². The number of thioether (sulfide) groups is 1. The highest BCUT2D eigenvalue weighted by Gasteiger charge is 2.29. The van der Waals surface area contributed by atoms with E-state index in [1.54, 1.807) is 16.7 Å². The molecule has 0 saturated carbocycles. The van der Waals surface area contributed by atoms with Gasteiger partial charge in [0.25, 0.3) is 0 Å². The molecule has 1 aliphatic rings. The molecule has 1 aromatic rings. The van der Waals surface area contributed by atoms with Gasteiger partial charge in [0.2, 0.25) is 5.91 Å². The molecule has 4 nitrogen and oxygen atoms in total. The Kier molecular flexibility index (Phi) is 6.51. The van der Waals surface area contributed by atoms with Crippen molar-refractivity contribution in [3.8, 4) is 0 Å². The summed E-state index contributed by atoms with van der Waals surface area (Å²) in [5.74, 6) is 0.995. The number of benzene rings is 1. The van der Waals surface area contributed by atoms with Crippen LogP contribution in [0.5, 0.6) is 0 Å². The number of rotatable bonds is 6. The Bertz CT molecular complexity index is 544. The summed E-state index contributed by atoms with van der Waals surface area (Å²) in [6.45, 7) is 4.84. The van der Waals surface area contributed by atoms with Crippen LogP contribution >= 0.6 is 11.8 Å². The van der Waals surface area contributed by atoms with Crippen molar-refractivity contribution in [2.75, 3.05) is 18.1 Å². The number of carboxylic acid groups (broad SMARTS) is 1. The molecule has 1 amide bonds. The molecule has 2 rings (SSSR count). The number of carbonyl (C=O) groups is 2. The Labute approximate surface area is 142 Å². The van der Waals surface area contributed by atoms with Crippen molar-refractivity contribution in [2.45, 2.75) is 45.1 Å². The van der Waals surface area contributed by atoms with Gasteiger partial charge in [-0.2, -0.15) is 11.8 Å². The molecular weight excluding hydrogens is 310 g/mol. The quantitative estimate of drug-likeness (QED) is 0.867. The molecular formula is C18H25NO3S. The van der Waals surface area contributed by atoms with Gasteiger partial charge in [-0.05, 0) is 23.5 Å². The van der Waals surface area contributed by atoms with Crippen LogP contribution in [0.2, 0.25) is 0 Å². The van der Waals surface area contributed by atoms with E-state index in [-0.39, 0.29) is 24.3 Å². The van der Waals surface area contributed by atoms with Crippen molar-refractivity contribution in [3.63, 3.8) is 0 Å². The first-order chi connectivity index (χ1) is 11.0. The molecule has 1 aromatic carbocycles. The van der Waals surface area contributed by atoms with E-state index in [1.165, 1.54) is 5.56 Å². The number of carbonyl (C=O) groups excluding carboxylic acids is 1. The maximum absolute atomic E-state index is 12.6. The predicted octanol–water partition coefficient (Wildman–Crippen LogP) is 3.16. The molecule has 5 heteroatoms. The Hall–Kier alpha value is -1.49.